The van der Waals surface area contributed by atoms with Crippen LogP contribution in [0.25, 0.3) is 0 Å². The number of carbonyl (C=O) groups is 7. The Bertz CT molecular complexity index is 1440. The van der Waals surface area contributed by atoms with Crippen LogP contribution in [0.2, 0.25) is 0 Å². The Kier molecular flexibility index (Phi) is 19.7. The molecule has 0 aliphatic carbocycles. The van der Waals surface area contributed by atoms with Gasteiger partial charge in [0.25, 0.3) is 11.8 Å². The van der Waals surface area contributed by atoms with E-state index in [-0.39, 0.29) is 81.4 Å². The summed E-state index contributed by atoms with van der Waals surface area (Å²) in [6.45, 7) is 6.43. The molecule has 0 bridgehead atoms. The first kappa shape index (κ1) is 44.3. The minimum Gasteiger partial charge on any atom is -0.506 e. The number of anilines is 1. The van der Waals surface area contributed by atoms with Gasteiger partial charge in [-0.1, -0.05) is 13.0 Å². The Balaban J connectivity index is 1.51. The Morgan fingerprint density at radius 1 is 0.811 bits per heavy atom. The molecule has 1 aromatic rings. The number of ether oxygens (including phenoxy) is 3. The summed E-state index contributed by atoms with van der Waals surface area (Å²) in [5.41, 5.74) is 6.85. The van der Waals surface area contributed by atoms with Crippen molar-refractivity contribution in [3.8, 4) is 5.75 Å². The first-order chi connectivity index (χ1) is 25.2. The van der Waals surface area contributed by atoms with Gasteiger partial charge in [0, 0.05) is 44.1 Å². The lowest BCUT2D eigenvalue weighted by Gasteiger charge is -2.19. The summed E-state index contributed by atoms with van der Waals surface area (Å²) in [6, 6.07) is 2.13. The Labute approximate surface area is 308 Å². The smallest absolute Gasteiger partial charge is 0.306 e. The number of phenolic OH excluding ortho intramolecular Hbond substituents is 1. The molecule has 8 N–H and O–H groups in total. The molecule has 294 valence electrons. The molecule has 18 heteroatoms. The largest absolute Gasteiger partial charge is 0.506 e. The third-order valence-corrected chi connectivity index (χ3v) is 7.89. The van der Waals surface area contributed by atoms with Crippen molar-refractivity contribution in [1.29, 1.82) is 0 Å². The van der Waals surface area contributed by atoms with E-state index in [1.807, 2.05) is 0 Å². The fraction of sp³-hybridized carbons (Fsp3) is 0.571. The average Bonchev–Trinajstić information content (AvgIpc) is 3.42. The van der Waals surface area contributed by atoms with E-state index < -0.39 is 47.7 Å². The van der Waals surface area contributed by atoms with Crippen molar-refractivity contribution in [1.82, 2.24) is 20.9 Å². The molecule has 1 aliphatic rings. The highest BCUT2D eigenvalue weighted by atomic mass is 16.5. The van der Waals surface area contributed by atoms with E-state index in [9.17, 15) is 38.7 Å². The fourth-order valence-corrected chi connectivity index (χ4v) is 4.88. The topological polar surface area (TPSA) is 265 Å². The fourth-order valence-electron chi connectivity index (χ4n) is 4.88. The van der Waals surface area contributed by atoms with Crippen molar-refractivity contribution in [2.75, 3.05) is 58.0 Å². The summed E-state index contributed by atoms with van der Waals surface area (Å²) in [6.07, 6.45) is 3.52. The van der Waals surface area contributed by atoms with Crippen molar-refractivity contribution >= 4 is 47.1 Å². The van der Waals surface area contributed by atoms with E-state index in [1.54, 1.807) is 13.0 Å². The van der Waals surface area contributed by atoms with Crippen molar-refractivity contribution in [2.24, 2.45) is 11.7 Å². The van der Waals surface area contributed by atoms with E-state index in [0.29, 0.717) is 38.2 Å². The highest BCUT2D eigenvalue weighted by Crippen LogP contribution is 2.25. The maximum atomic E-state index is 12.7. The van der Waals surface area contributed by atoms with Gasteiger partial charge < -0.3 is 51.4 Å². The molecule has 1 aliphatic heterocycles. The lowest BCUT2D eigenvalue weighted by molar-refractivity contribution is -0.141. The van der Waals surface area contributed by atoms with Crippen LogP contribution >= 0.6 is 0 Å². The average molecular weight is 749 g/mol. The number of carboxylic acids is 1. The van der Waals surface area contributed by atoms with Crippen LogP contribution in [0.15, 0.2) is 30.4 Å². The molecular weight excluding hydrogens is 696 g/mol. The Morgan fingerprint density at radius 2 is 1.42 bits per heavy atom. The van der Waals surface area contributed by atoms with E-state index in [2.05, 4.69) is 21.3 Å². The van der Waals surface area contributed by atoms with Crippen LogP contribution in [0.4, 0.5) is 5.69 Å². The predicted octanol–water partition coefficient (Wildman–Crippen LogP) is -0.418. The van der Waals surface area contributed by atoms with E-state index >= 15 is 0 Å². The van der Waals surface area contributed by atoms with Gasteiger partial charge in [0.15, 0.2) is 0 Å². The molecule has 53 heavy (non-hydrogen) atoms. The third kappa shape index (κ3) is 17.4. The monoisotopic (exact) mass is 748 g/mol. The van der Waals surface area contributed by atoms with E-state index in [4.69, 9.17) is 25.1 Å². The summed E-state index contributed by atoms with van der Waals surface area (Å²) in [4.78, 5) is 84.6. The van der Waals surface area contributed by atoms with Crippen molar-refractivity contribution < 1.29 is 58.0 Å². The first-order valence-electron chi connectivity index (χ1n) is 17.4. The molecule has 0 fully saturated rings. The zero-order valence-electron chi connectivity index (χ0n) is 30.4. The zero-order chi connectivity index (χ0) is 39.3. The van der Waals surface area contributed by atoms with Gasteiger partial charge in [0.1, 0.15) is 17.8 Å². The van der Waals surface area contributed by atoms with Crippen molar-refractivity contribution in [2.45, 2.75) is 71.0 Å². The number of imide groups is 1. The summed E-state index contributed by atoms with van der Waals surface area (Å²) < 4.78 is 16.2. The highest BCUT2D eigenvalue weighted by Gasteiger charge is 2.24. The number of aromatic hydroxyl groups is 1. The minimum absolute atomic E-state index is 0.0112. The van der Waals surface area contributed by atoms with E-state index in [1.165, 1.54) is 38.1 Å². The highest BCUT2D eigenvalue weighted by molar-refractivity contribution is 6.12. The second-order valence-electron chi connectivity index (χ2n) is 12.5. The maximum absolute atomic E-state index is 12.7. The first-order valence-corrected chi connectivity index (χ1v) is 17.4. The summed E-state index contributed by atoms with van der Waals surface area (Å²) >= 11 is 0. The van der Waals surface area contributed by atoms with Crippen molar-refractivity contribution in [3.63, 3.8) is 0 Å². The van der Waals surface area contributed by atoms with Gasteiger partial charge >= 0.3 is 5.97 Å². The second kappa shape index (κ2) is 23.6. The number of nitrogens with zero attached hydrogens (tertiary/aromatic N) is 1. The zero-order valence-corrected chi connectivity index (χ0v) is 30.4. The Hall–Kier alpha value is -4.91. The van der Waals surface area contributed by atoms with Gasteiger partial charge in [-0.15, -0.1) is 0 Å². The molecule has 0 saturated heterocycles. The molecule has 0 saturated carbocycles. The van der Waals surface area contributed by atoms with Crippen LogP contribution in [0.5, 0.6) is 5.75 Å². The number of amides is 6. The summed E-state index contributed by atoms with van der Waals surface area (Å²) in [5.74, 6) is -4.36. The number of hydrogen-bond donors (Lipinski definition) is 7. The predicted molar refractivity (Wildman–Crippen MR) is 190 cm³/mol. The molecule has 1 heterocycles. The number of phenols is 1. The van der Waals surface area contributed by atoms with Crippen molar-refractivity contribution in [3.05, 3.63) is 35.9 Å². The molecular formula is C35H52N6O12. The number of nitrogens with one attached hydrogen (secondary N) is 4. The lowest BCUT2D eigenvalue weighted by atomic mass is 9.96. The molecule has 4 atom stereocenters. The van der Waals surface area contributed by atoms with Crippen LogP contribution < -0.4 is 27.0 Å². The second-order valence-corrected chi connectivity index (χ2v) is 12.5. The van der Waals surface area contributed by atoms with E-state index in [0.717, 1.165) is 4.90 Å². The molecule has 6 amide bonds. The molecule has 1 aromatic carbocycles. The lowest BCUT2D eigenvalue weighted by Crippen LogP contribution is -2.50. The van der Waals surface area contributed by atoms with Crippen LogP contribution in [-0.2, 0) is 54.2 Å². The number of benzene rings is 1. The minimum atomic E-state index is -1.01. The Morgan fingerprint density at radius 3 is 2.06 bits per heavy atom. The normalized spacial score (nSPS) is 14.7. The molecule has 0 aromatic heterocycles. The van der Waals surface area contributed by atoms with Crippen LogP contribution in [0.1, 0.15) is 52.0 Å². The number of carboxylic acid groups (broad SMARTS) is 1. The number of aliphatic carboxylic acids is 1. The SMILES string of the molecule is CC(CC(N)Cc1ccc(O)c(NC(=O)C(C)NC(=O)C(C)NC(=O)CCOCCOCCOCCNC(=O)CCCN2C(=O)C=CC2=O)c1)C(=O)O. The van der Waals surface area contributed by atoms with Crippen LogP contribution in [-0.4, -0.2) is 127 Å². The molecule has 18 nitrogen and oxygen atoms in total. The standard InChI is InChI=1S/C35H52N6O12/c1-22(35(49)50)19-26(36)20-25-6-7-28(42)27(21-25)40-34(48)24(3)39-33(47)23(2)38-30(44)10-13-51-15-17-53-18-16-52-14-11-37-29(43)5-4-12-41-31(45)8-9-32(41)46/h6-9,21-24,26,42H,4-5,10-20,36H2,1-3H3,(H,37,43)(H,38,44)(H,39,47)(H,40,48)(H,49,50). The summed E-state index contributed by atoms with van der Waals surface area (Å²) in [5, 5.41) is 29.6. The quantitative estimate of drug-likeness (QED) is 0.0361. The van der Waals surface area contributed by atoms with Crippen LogP contribution in [0, 0.1) is 5.92 Å². The molecule has 2 rings (SSSR count). The van der Waals surface area contributed by atoms with Gasteiger partial charge in [-0.2, -0.15) is 0 Å². The van der Waals surface area contributed by atoms with Crippen LogP contribution in [0.3, 0.4) is 0 Å². The number of carbonyl (C=O) groups excluding carboxylic acids is 6. The maximum Gasteiger partial charge on any atom is 0.306 e. The van der Waals surface area contributed by atoms with Gasteiger partial charge in [-0.3, -0.25) is 38.5 Å². The molecule has 4 unspecified atom stereocenters. The number of hydrogen-bond acceptors (Lipinski definition) is 12. The molecule has 0 radical (unpaired) electrons. The third-order valence-electron chi connectivity index (χ3n) is 7.89. The number of rotatable bonds is 26. The number of nitrogens with two attached hydrogens (primary N) is 1. The van der Waals surface area contributed by atoms with Gasteiger partial charge in [-0.05, 0) is 50.8 Å². The van der Waals surface area contributed by atoms with Gasteiger partial charge in [-0.25, -0.2) is 0 Å². The van der Waals surface area contributed by atoms with Gasteiger partial charge in [0.2, 0.25) is 23.6 Å². The summed E-state index contributed by atoms with van der Waals surface area (Å²) in [7, 11) is 0. The molecule has 0 spiro atoms. The van der Waals surface area contributed by atoms with Gasteiger partial charge in [0.05, 0.1) is 51.2 Å².